The van der Waals surface area contributed by atoms with E-state index < -0.39 is 23.1 Å². The molecule has 0 aliphatic heterocycles. The molecule has 0 unspecified atom stereocenters. The van der Waals surface area contributed by atoms with E-state index >= 15 is 0 Å². The Labute approximate surface area is 150 Å². The minimum atomic E-state index is -0.946. The zero-order valence-corrected chi connectivity index (χ0v) is 14.0. The standard InChI is InChI=1S/C20H18F2N2O2/c1-3-12-24(13-4-2)20(26)14-8-10-15(11-9-14)23-19(25)18-16(21)6-5-7-17(18)22/h3-11H,1-2,12-13H2,(H,23,25). The molecule has 2 rings (SSSR count). The van der Waals surface area contributed by atoms with Crippen LogP contribution in [-0.2, 0) is 0 Å². The predicted octanol–water partition coefficient (Wildman–Crippen LogP) is 4.03. The summed E-state index contributed by atoms with van der Waals surface area (Å²) in [6.07, 6.45) is 3.22. The monoisotopic (exact) mass is 356 g/mol. The Morgan fingerprint density at radius 3 is 2.00 bits per heavy atom. The molecule has 0 atom stereocenters. The largest absolute Gasteiger partial charge is 0.331 e. The highest BCUT2D eigenvalue weighted by Gasteiger charge is 2.18. The number of rotatable bonds is 7. The van der Waals surface area contributed by atoms with Crippen LogP contribution in [0.2, 0.25) is 0 Å². The first-order valence-corrected chi connectivity index (χ1v) is 7.84. The van der Waals surface area contributed by atoms with E-state index in [0.29, 0.717) is 24.3 Å². The number of nitrogens with one attached hydrogen (secondary N) is 1. The van der Waals surface area contributed by atoms with Crippen molar-refractivity contribution in [2.24, 2.45) is 0 Å². The molecule has 6 heteroatoms. The van der Waals surface area contributed by atoms with Crippen molar-refractivity contribution in [1.29, 1.82) is 0 Å². The Bertz CT molecular complexity index is 802. The lowest BCUT2D eigenvalue weighted by Crippen LogP contribution is -2.31. The average Bonchev–Trinajstić information content (AvgIpc) is 2.61. The fourth-order valence-corrected chi connectivity index (χ4v) is 2.34. The number of amides is 2. The summed E-state index contributed by atoms with van der Waals surface area (Å²) in [7, 11) is 0. The normalized spacial score (nSPS) is 10.1. The molecule has 26 heavy (non-hydrogen) atoms. The summed E-state index contributed by atoms with van der Waals surface area (Å²) in [5, 5.41) is 2.41. The van der Waals surface area contributed by atoms with Gasteiger partial charge in [-0.25, -0.2) is 8.78 Å². The SMILES string of the molecule is C=CCN(CC=C)C(=O)c1ccc(NC(=O)c2c(F)cccc2F)cc1. The number of nitrogens with zero attached hydrogens (tertiary/aromatic N) is 1. The van der Waals surface area contributed by atoms with Crippen molar-refractivity contribution in [3.8, 4) is 0 Å². The van der Waals surface area contributed by atoms with Crippen LogP contribution in [0.25, 0.3) is 0 Å². The number of benzene rings is 2. The molecule has 0 spiro atoms. The molecular formula is C20H18F2N2O2. The number of carbonyl (C=O) groups excluding carboxylic acids is 2. The van der Waals surface area contributed by atoms with Crippen LogP contribution < -0.4 is 5.32 Å². The Morgan fingerprint density at radius 2 is 1.50 bits per heavy atom. The molecule has 0 saturated heterocycles. The quantitative estimate of drug-likeness (QED) is 0.762. The maximum atomic E-state index is 13.6. The van der Waals surface area contributed by atoms with Gasteiger partial charge in [-0.05, 0) is 36.4 Å². The molecule has 0 bridgehead atoms. The van der Waals surface area contributed by atoms with Crippen molar-refractivity contribution in [2.75, 3.05) is 18.4 Å². The molecule has 2 aromatic carbocycles. The van der Waals surface area contributed by atoms with Gasteiger partial charge in [0, 0.05) is 24.3 Å². The van der Waals surface area contributed by atoms with Crippen LogP contribution >= 0.6 is 0 Å². The molecular weight excluding hydrogens is 338 g/mol. The molecule has 0 aromatic heterocycles. The molecule has 0 aliphatic carbocycles. The van der Waals surface area contributed by atoms with Gasteiger partial charge in [0.2, 0.25) is 0 Å². The summed E-state index contributed by atoms with van der Waals surface area (Å²) in [4.78, 5) is 26.0. The predicted molar refractivity (Wildman–Crippen MR) is 97.1 cm³/mol. The van der Waals surface area contributed by atoms with Gasteiger partial charge in [0.25, 0.3) is 11.8 Å². The summed E-state index contributed by atoms with van der Waals surface area (Å²) in [5.41, 5.74) is 0.0627. The lowest BCUT2D eigenvalue weighted by Gasteiger charge is -2.19. The molecule has 4 nitrogen and oxygen atoms in total. The van der Waals surface area contributed by atoms with Gasteiger partial charge in [-0.3, -0.25) is 9.59 Å². The second-order valence-corrected chi connectivity index (χ2v) is 5.42. The van der Waals surface area contributed by atoms with Gasteiger partial charge >= 0.3 is 0 Å². The summed E-state index contributed by atoms with van der Waals surface area (Å²) in [6, 6.07) is 9.22. The number of hydrogen-bond acceptors (Lipinski definition) is 2. The highest BCUT2D eigenvalue weighted by molar-refractivity contribution is 6.05. The van der Waals surface area contributed by atoms with Gasteiger partial charge < -0.3 is 10.2 Å². The van der Waals surface area contributed by atoms with Crippen LogP contribution in [0.5, 0.6) is 0 Å². The Hall–Kier alpha value is -3.28. The van der Waals surface area contributed by atoms with E-state index in [1.165, 1.54) is 30.3 Å². The molecule has 0 fully saturated rings. The number of anilines is 1. The first-order valence-electron chi connectivity index (χ1n) is 7.84. The van der Waals surface area contributed by atoms with E-state index in [1.54, 1.807) is 17.1 Å². The number of carbonyl (C=O) groups is 2. The zero-order chi connectivity index (χ0) is 19.1. The maximum Gasteiger partial charge on any atom is 0.261 e. The second kappa shape index (κ2) is 8.71. The van der Waals surface area contributed by atoms with Gasteiger partial charge in [0.05, 0.1) is 0 Å². The fourth-order valence-electron chi connectivity index (χ4n) is 2.34. The van der Waals surface area contributed by atoms with E-state index in [4.69, 9.17) is 0 Å². The van der Waals surface area contributed by atoms with Crippen LogP contribution in [0.15, 0.2) is 67.8 Å². The van der Waals surface area contributed by atoms with Gasteiger partial charge in [-0.15, -0.1) is 13.2 Å². The van der Waals surface area contributed by atoms with Crippen molar-refractivity contribution in [3.05, 3.63) is 90.5 Å². The molecule has 1 N–H and O–H groups in total. The highest BCUT2D eigenvalue weighted by atomic mass is 19.1. The summed E-state index contributed by atoms with van der Waals surface area (Å²) < 4.78 is 27.3. The van der Waals surface area contributed by atoms with E-state index in [1.807, 2.05) is 0 Å². The third kappa shape index (κ3) is 4.42. The van der Waals surface area contributed by atoms with E-state index in [9.17, 15) is 18.4 Å². The molecule has 0 saturated carbocycles. The third-order valence-electron chi connectivity index (χ3n) is 3.57. The number of hydrogen-bond donors (Lipinski definition) is 1. The Kier molecular flexibility index (Phi) is 6.38. The van der Waals surface area contributed by atoms with Gasteiger partial charge in [0.1, 0.15) is 17.2 Å². The molecule has 2 amide bonds. The lowest BCUT2D eigenvalue weighted by molar-refractivity contribution is 0.0790. The van der Waals surface area contributed by atoms with Crippen molar-refractivity contribution < 1.29 is 18.4 Å². The smallest absolute Gasteiger partial charge is 0.261 e. The topological polar surface area (TPSA) is 49.4 Å². The summed E-state index contributed by atoms with van der Waals surface area (Å²) >= 11 is 0. The van der Waals surface area contributed by atoms with E-state index in [-0.39, 0.29) is 5.91 Å². The fraction of sp³-hybridized carbons (Fsp3) is 0.100. The molecule has 0 aliphatic rings. The highest BCUT2D eigenvalue weighted by Crippen LogP contribution is 2.16. The van der Waals surface area contributed by atoms with Crippen LogP contribution in [0, 0.1) is 11.6 Å². The average molecular weight is 356 g/mol. The second-order valence-electron chi connectivity index (χ2n) is 5.42. The van der Waals surface area contributed by atoms with Crippen LogP contribution in [0.3, 0.4) is 0 Å². The van der Waals surface area contributed by atoms with Crippen molar-refractivity contribution >= 4 is 17.5 Å². The Morgan fingerprint density at radius 1 is 0.962 bits per heavy atom. The van der Waals surface area contributed by atoms with Crippen molar-refractivity contribution in [2.45, 2.75) is 0 Å². The Balaban J connectivity index is 2.14. The van der Waals surface area contributed by atoms with E-state index in [0.717, 1.165) is 12.1 Å². The molecule has 0 radical (unpaired) electrons. The molecule has 2 aromatic rings. The number of halogens is 2. The van der Waals surface area contributed by atoms with Crippen molar-refractivity contribution in [3.63, 3.8) is 0 Å². The first-order chi connectivity index (χ1) is 12.5. The summed E-state index contributed by atoms with van der Waals surface area (Å²) in [6.45, 7) is 7.97. The first kappa shape index (κ1) is 19.1. The van der Waals surface area contributed by atoms with Gasteiger partial charge in [0.15, 0.2) is 0 Å². The minimum absolute atomic E-state index is 0.220. The maximum absolute atomic E-state index is 13.6. The van der Waals surface area contributed by atoms with Crippen molar-refractivity contribution in [1.82, 2.24) is 4.90 Å². The minimum Gasteiger partial charge on any atom is -0.331 e. The zero-order valence-electron chi connectivity index (χ0n) is 14.0. The van der Waals surface area contributed by atoms with Crippen LogP contribution in [0.4, 0.5) is 14.5 Å². The van der Waals surface area contributed by atoms with Crippen LogP contribution in [0.1, 0.15) is 20.7 Å². The van der Waals surface area contributed by atoms with Crippen LogP contribution in [-0.4, -0.2) is 29.8 Å². The lowest BCUT2D eigenvalue weighted by atomic mass is 10.1. The van der Waals surface area contributed by atoms with E-state index in [2.05, 4.69) is 18.5 Å². The summed E-state index contributed by atoms with van der Waals surface area (Å²) in [5.74, 6) is -3.01. The van der Waals surface area contributed by atoms with Gasteiger partial charge in [-0.2, -0.15) is 0 Å². The third-order valence-corrected chi connectivity index (χ3v) is 3.57. The molecule has 0 heterocycles. The van der Waals surface area contributed by atoms with Gasteiger partial charge in [-0.1, -0.05) is 18.2 Å². The molecule has 134 valence electrons.